The molecule has 6 heteroatoms. The van der Waals surface area contributed by atoms with Crippen LogP contribution in [0.3, 0.4) is 0 Å². The monoisotopic (exact) mass is 337 g/mol. The number of thiazole rings is 1. The second-order valence-electron chi connectivity index (χ2n) is 5.72. The van der Waals surface area contributed by atoms with Gasteiger partial charge in [-0.3, -0.25) is 0 Å². The van der Waals surface area contributed by atoms with Crippen molar-refractivity contribution in [2.45, 2.75) is 13.8 Å². The normalized spacial score (nSPS) is 11.3. The highest BCUT2D eigenvalue weighted by atomic mass is 32.1. The van der Waals surface area contributed by atoms with Crippen molar-refractivity contribution in [3.05, 3.63) is 41.6 Å². The number of hydrogen-bond acceptors (Lipinski definition) is 6. The highest BCUT2D eigenvalue weighted by molar-refractivity contribution is 7.21. The van der Waals surface area contributed by atoms with Crippen molar-refractivity contribution in [3.8, 4) is 22.2 Å². The van der Waals surface area contributed by atoms with Crippen molar-refractivity contribution < 1.29 is 9.84 Å². The summed E-state index contributed by atoms with van der Waals surface area (Å²) >= 11 is 1.54. The highest BCUT2D eigenvalue weighted by Gasteiger charge is 2.14. The van der Waals surface area contributed by atoms with Crippen LogP contribution < -0.4 is 4.74 Å². The zero-order valence-corrected chi connectivity index (χ0v) is 14.3. The van der Waals surface area contributed by atoms with E-state index >= 15 is 0 Å². The Morgan fingerprint density at radius 3 is 2.67 bits per heavy atom. The molecule has 5 nitrogen and oxygen atoms in total. The average Bonchev–Trinajstić information content (AvgIpc) is 2.97. The van der Waals surface area contributed by atoms with Crippen molar-refractivity contribution >= 4 is 32.6 Å². The van der Waals surface area contributed by atoms with E-state index in [-0.39, 0.29) is 5.75 Å². The SMILES string of the molecule is COc1cnc2c(-c3nc4c(C)cc(O)cc4s3)cc(C)cc2n1. The number of methoxy groups -OCH3 is 1. The van der Waals surface area contributed by atoms with Gasteiger partial charge in [-0.05, 0) is 49.2 Å². The van der Waals surface area contributed by atoms with Gasteiger partial charge in [-0.25, -0.2) is 15.0 Å². The molecule has 2 aromatic heterocycles. The number of phenolic OH excluding ortho intramolecular Hbond substituents is 1. The minimum absolute atomic E-state index is 0.258. The molecular weight excluding hydrogens is 322 g/mol. The van der Waals surface area contributed by atoms with Crippen molar-refractivity contribution in [3.63, 3.8) is 0 Å². The lowest BCUT2D eigenvalue weighted by Crippen LogP contribution is -1.93. The number of benzene rings is 2. The molecule has 2 heterocycles. The lowest BCUT2D eigenvalue weighted by molar-refractivity contribution is 0.397. The van der Waals surface area contributed by atoms with E-state index < -0.39 is 0 Å². The fourth-order valence-electron chi connectivity index (χ4n) is 2.80. The molecule has 4 aromatic rings. The maximum atomic E-state index is 9.81. The first kappa shape index (κ1) is 14.8. The molecule has 0 aliphatic heterocycles. The van der Waals surface area contributed by atoms with Crippen molar-refractivity contribution in [2.24, 2.45) is 0 Å². The predicted octanol–water partition coefficient (Wildman–Crippen LogP) is 4.24. The molecule has 1 N–H and O–H groups in total. The van der Waals surface area contributed by atoms with E-state index in [0.717, 1.165) is 42.9 Å². The van der Waals surface area contributed by atoms with Crippen LogP contribution in [0.5, 0.6) is 11.6 Å². The third-order valence-electron chi connectivity index (χ3n) is 3.88. The molecule has 0 unspecified atom stereocenters. The number of hydrogen-bond donors (Lipinski definition) is 1. The van der Waals surface area contributed by atoms with E-state index in [1.807, 2.05) is 19.9 Å². The summed E-state index contributed by atoms with van der Waals surface area (Å²) in [7, 11) is 1.58. The predicted molar refractivity (Wildman–Crippen MR) is 95.8 cm³/mol. The summed E-state index contributed by atoms with van der Waals surface area (Å²) in [5.41, 5.74) is 5.46. The van der Waals surface area contributed by atoms with Gasteiger partial charge in [0.05, 0.1) is 34.6 Å². The Bertz CT molecular complexity index is 1090. The Morgan fingerprint density at radius 2 is 1.88 bits per heavy atom. The lowest BCUT2D eigenvalue weighted by atomic mass is 10.1. The molecule has 120 valence electrons. The summed E-state index contributed by atoms with van der Waals surface area (Å²) in [6.07, 6.45) is 1.62. The Morgan fingerprint density at radius 1 is 1.04 bits per heavy atom. The Kier molecular flexibility index (Phi) is 3.35. The standard InChI is InChI=1S/C18H15N3O2S/c1-9-4-12(17-13(5-9)20-15(23-3)8-19-17)18-21-16-10(2)6-11(22)7-14(16)24-18/h4-8,22H,1-3H3. The fraction of sp³-hybridized carbons (Fsp3) is 0.167. The molecular formula is C18H15N3O2S. The Labute approximate surface area is 142 Å². The summed E-state index contributed by atoms with van der Waals surface area (Å²) in [5, 5.41) is 10.7. The average molecular weight is 337 g/mol. The number of aryl methyl sites for hydroxylation is 2. The van der Waals surface area contributed by atoms with E-state index in [9.17, 15) is 5.11 Å². The minimum atomic E-state index is 0.258. The van der Waals surface area contributed by atoms with E-state index in [2.05, 4.69) is 16.0 Å². The molecule has 0 aliphatic rings. The van der Waals surface area contributed by atoms with Crippen LogP contribution in [-0.2, 0) is 0 Å². The second-order valence-corrected chi connectivity index (χ2v) is 6.75. The molecule has 0 bridgehead atoms. The van der Waals surface area contributed by atoms with Crippen LogP contribution in [0.25, 0.3) is 31.8 Å². The van der Waals surface area contributed by atoms with Gasteiger partial charge in [0.2, 0.25) is 5.88 Å². The van der Waals surface area contributed by atoms with Gasteiger partial charge in [0.25, 0.3) is 0 Å². The molecule has 4 rings (SSSR count). The number of aromatic nitrogens is 3. The first-order chi connectivity index (χ1) is 11.5. The van der Waals surface area contributed by atoms with Crippen LogP contribution in [0.1, 0.15) is 11.1 Å². The van der Waals surface area contributed by atoms with E-state index in [4.69, 9.17) is 9.72 Å². The molecule has 0 atom stereocenters. The largest absolute Gasteiger partial charge is 0.508 e. The number of ether oxygens (including phenoxy) is 1. The number of nitrogens with zero attached hydrogens (tertiary/aromatic N) is 3. The van der Waals surface area contributed by atoms with Gasteiger partial charge in [-0.15, -0.1) is 11.3 Å². The molecule has 0 saturated heterocycles. The first-order valence-electron chi connectivity index (χ1n) is 7.47. The Hall–Kier alpha value is -2.73. The quantitative estimate of drug-likeness (QED) is 0.592. The van der Waals surface area contributed by atoms with E-state index in [1.54, 1.807) is 36.8 Å². The molecule has 0 fully saturated rings. The third kappa shape index (κ3) is 2.35. The van der Waals surface area contributed by atoms with Crippen molar-refractivity contribution in [1.82, 2.24) is 15.0 Å². The maximum absolute atomic E-state index is 9.81. The molecule has 0 saturated carbocycles. The molecule has 24 heavy (non-hydrogen) atoms. The van der Waals surface area contributed by atoms with E-state index in [0.29, 0.717) is 5.88 Å². The van der Waals surface area contributed by atoms with Crippen LogP contribution >= 0.6 is 11.3 Å². The van der Waals surface area contributed by atoms with E-state index in [1.165, 1.54) is 0 Å². The summed E-state index contributed by atoms with van der Waals surface area (Å²) in [5.74, 6) is 0.748. The van der Waals surface area contributed by atoms with Gasteiger partial charge in [0.15, 0.2) is 0 Å². The molecule has 0 spiro atoms. The number of aromatic hydroxyl groups is 1. The highest BCUT2D eigenvalue weighted by Crippen LogP contribution is 2.37. The van der Waals surface area contributed by atoms with Gasteiger partial charge in [0, 0.05) is 5.56 Å². The van der Waals surface area contributed by atoms with Gasteiger partial charge in [-0.2, -0.15) is 0 Å². The lowest BCUT2D eigenvalue weighted by Gasteiger charge is -2.06. The van der Waals surface area contributed by atoms with Crippen LogP contribution in [0.15, 0.2) is 30.5 Å². The second kappa shape index (κ2) is 5.42. The van der Waals surface area contributed by atoms with Crippen LogP contribution in [0.4, 0.5) is 0 Å². The van der Waals surface area contributed by atoms with Crippen molar-refractivity contribution in [2.75, 3.05) is 7.11 Å². The number of phenols is 1. The molecule has 0 aliphatic carbocycles. The number of rotatable bonds is 2. The van der Waals surface area contributed by atoms with Gasteiger partial charge in [-0.1, -0.05) is 0 Å². The topological polar surface area (TPSA) is 68.1 Å². The van der Waals surface area contributed by atoms with Crippen LogP contribution in [0.2, 0.25) is 0 Å². The zero-order valence-electron chi connectivity index (χ0n) is 13.5. The first-order valence-corrected chi connectivity index (χ1v) is 8.29. The zero-order chi connectivity index (χ0) is 16.8. The van der Waals surface area contributed by atoms with Gasteiger partial charge < -0.3 is 9.84 Å². The summed E-state index contributed by atoms with van der Waals surface area (Å²) in [6, 6.07) is 7.52. The van der Waals surface area contributed by atoms with Gasteiger partial charge >= 0.3 is 0 Å². The molecule has 2 aromatic carbocycles. The fourth-order valence-corrected chi connectivity index (χ4v) is 3.90. The van der Waals surface area contributed by atoms with Crippen LogP contribution in [0, 0.1) is 13.8 Å². The summed E-state index contributed by atoms with van der Waals surface area (Å²) in [6.45, 7) is 3.97. The molecule has 0 amide bonds. The maximum Gasteiger partial charge on any atom is 0.232 e. The third-order valence-corrected chi connectivity index (χ3v) is 4.91. The molecule has 0 radical (unpaired) electrons. The van der Waals surface area contributed by atoms with Crippen molar-refractivity contribution in [1.29, 1.82) is 0 Å². The number of fused-ring (bicyclic) bond motifs is 2. The Balaban J connectivity index is 2.00. The smallest absolute Gasteiger partial charge is 0.232 e. The van der Waals surface area contributed by atoms with Gasteiger partial charge in [0.1, 0.15) is 10.8 Å². The minimum Gasteiger partial charge on any atom is -0.508 e. The van der Waals surface area contributed by atoms with Crippen LogP contribution in [-0.4, -0.2) is 27.2 Å². The summed E-state index contributed by atoms with van der Waals surface area (Å²) in [4.78, 5) is 13.8. The summed E-state index contributed by atoms with van der Waals surface area (Å²) < 4.78 is 6.13.